The molecule has 1 rings (SSSR count). The maximum Gasteiger partial charge on any atom is 0.267 e. The van der Waals surface area contributed by atoms with E-state index in [9.17, 15) is 8.78 Å². The summed E-state index contributed by atoms with van der Waals surface area (Å²) in [4.78, 5) is 3.78. The molecule has 0 fully saturated rings. The second-order valence-electron chi connectivity index (χ2n) is 2.41. The van der Waals surface area contributed by atoms with E-state index in [-0.39, 0.29) is 21.6 Å². The van der Waals surface area contributed by atoms with Gasteiger partial charge in [0.25, 0.3) is 6.43 Å². The highest BCUT2D eigenvalue weighted by atomic mass is 79.9. The van der Waals surface area contributed by atoms with Gasteiger partial charge < -0.3 is 0 Å². The van der Waals surface area contributed by atoms with E-state index in [0.717, 1.165) is 0 Å². The summed E-state index contributed by atoms with van der Waals surface area (Å²) in [5, 5.41) is 8.64. The average molecular weight is 281 g/mol. The van der Waals surface area contributed by atoms with Gasteiger partial charge in [-0.3, -0.25) is 0 Å². The van der Waals surface area contributed by atoms with Crippen LogP contribution in [-0.2, 0) is 5.88 Å². The van der Waals surface area contributed by atoms with Crippen LogP contribution < -0.4 is 0 Å². The Labute approximate surface area is 92.6 Å². The average Bonchev–Trinajstić information content (AvgIpc) is 2.15. The highest BCUT2D eigenvalue weighted by molar-refractivity contribution is 9.10. The highest BCUT2D eigenvalue weighted by Crippen LogP contribution is 2.29. The largest absolute Gasteiger partial charge is 0.267 e. The summed E-state index contributed by atoms with van der Waals surface area (Å²) in [6.45, 7) is 0. The number of hydrogen-bond donors (Lipinski definition) is 0. The molecule has 1 aromatic rings. The van der Waals surface area contributed by atoms with Crippen molar-refractivity contribution in [2.45, 2.75) is 12.3 Å². The first-order valence-corrected chi connectivity index (χ1v) is 4.86. The molecule has 0 saturated heterocycles. The van der Waals surface area contributed by atoms with Crippen LogP contribution in [0.4, 0.5) is 8.78 Å². The normalized spacial score (nSPS) is 10.3. The summed E-state index contributed by atoms with van der Waals surface area (Å²) in [5.41, 5.74) is -0.0987. The van der Waals surface area contributed by atoms with E-state index in [1.807, 2.05) is 0 Å². The Balaban J connectivity index is 3.37. The van der Waals surface area contributed by atoms with E-state index in [2.05, 4.69) is 20.9 Å². The van der Waals surface area contributed by atoms with E-state index in [0.29, 0.717) is 5.69 Å². The molecule has 0 aliphatic carbocycles. The Hall–Kier alpha value is -0.730. The van der Waals surface area contributed by atoms with Gasteiger partial charge in [0.2, 0.25) is 0 Å². The number of aromatic nitrogens is 1. The topological polar surface area (TPSA) is 36.7 Å². The molecular formula is C8H4BrClF2N2. The lowest BCUT2D eigenvalue weighted by Gasteiger charge is -2.06. The van der Waals surface area contributed by atoms with Crippen LogP contribution in [0, 0.1) is 11.3 Å². The number of nitriles is 1. The molecule has 2 nitrogen and oxygen atoms in total. The third kappa shape index (κ3) is 2.20. The number of rotatable bonds is 2. The molecule has 0 unspecified atom stereocenters. The van der Waals surface area contributed by atoms with Gasteiger partial charge in [0.05, 0.1) is 28.8 Å². The molecule has 0 atom stereocenters. The van der Waals surface area contributed by atoms with Gasteiger partial charge in [-0.25, -0.2) is 13.8 Å². The summed E-state index contributed by atoms with van der Waals surface area (Å²) in [5.74, 6) is 0.0802. The van der Waals surface area contributed by atoms with Crippen molar-refractivity contribution >= 4 is 27.5 Å². The molecule has 14 heavy (non-hydrogen) atoms. The van der Waals surface area contributed by atoms with Gasteiger partial charge in [0.15, 0.2) is 0 Å². The van der Waals surface area contributed by atoms with E-state index in [4.69, 9.17) is 16.9 Å². The number of alkyl halides is 3. The quantitative estimate of drug-likeness (QED) is 0.615. The van der Waals surface area contributed by atoms with Crippen LogP contribution in [-0.4, -0.2) is 4.98 Å². The fourth-order valence-electron chi connectivity index (χ4n) is 0.943. The zero-order valence-corrected chi connectivity index (χ0v) is 9.11. The summed E-state index contributed by atoms with van der Waals surface area (Å²) in [6, 6.07) is 2.95. The Morgan fingerprint density at radius 1 is 1.64 bits per heavy atom. The van der Waals surface area contributed by atoms with Crippen LogP contribution in [0.15, 0.2) is 10.7 Å². The molecule has 6 heteroatoms. The molecule has 1 heterocycles. The van der Waals surface area contributed by atoms with Crippen molar-refractivity contribution in [1.29, 1.82) is 5.26 Å². The predicted octanol–water partition coefficient (Wildman–Crippen LogP) is 3.39. The van der Waals surface area contributed by atoms with Gasteiger partial charge in [-0.2, -0.15) is 5.26 Å². The van der Waals surface area contributed by atoms with Crippen LogP contribution in [0.5, 0.6) is 0 Å². The molecule has 0 aliphatic rings. The molecule has 0 radical (unpaired) electrons. The Bertz CT molecular complexity index is 390. The first-order chi connectivity index (χ1) is 6.60. The fraction of sp³-hybridized carbons (Fsp3) is 0.250. The third-order valence-corrected chi connectivity index (χ3v) is 2.42. The molecule has 0 aromatic carbocycles. The summed E-state index contributed by atoms with van der Waals surface area (Å²) >= 11 is 8.36. The Kier molecular flexibility index (Phi) is 3.78. The van der Waals surface area contributed by atoms with E-state index >= 15 is 0 Å². The number of halogens is 4. The summed E-state index contributed by atoms with van der Waals surface area (Å²) in [6.07, 6.45) is -2.73. The van der Waals surface area contributed by atoms with E-state index in [1.165, 1.54) is 6.07 Å². The number of hydrogen-bond acceptors (Lipinski definition) is 2. The zero-order chi connectivity index (χ0) is 10.7. The SMILES string of the molecule is N#Cc1cc(CCl)nc(Br)c1C(F)F. The fourth-order valence-corrected chi connectivity index (χ4v) is 1.69. The lowest BCUT2D eigenvalue weighted by Crippen LogP contribution is -1.98. The van der Waals surface area contributed by atoms with Crippen LogP contribution in [0.25, 0.3) is 0 Å². The first kappa shape index (κ1) is 11.3. The van der Waals surface area contributed by atoms with Gasteiger partial charge in [0.1, 0.15) is 4.60 Å². The maximum atomic E-state index is 12.5. The van der Waals surface area contributed by atoms with Crippen molar-refractivity contribution in [2.75, 3.05) is 0 Å². The molecule has 1 aromatic heterocycles. The van der Waals surface area contributed by atoms with E-state index < -0.39 is 6.43 Å². The summed E-state index contributed by atoms with van der Waals surface area (Å²) < 4.78 is 24.9. The molecule has 0 saturated carbocycles. The minimum absolute atomic E-state index is 0.0257. The van der Waals surface area contributed by atoms with Gasteiger partial charge >= 0.3 is 0 Å². The molecule has 0 bridgehead atoms. The van der Waals surface area contributed by atoms with Crippen LogP contribution in [0.3, 0.4) is 0 Å². The van der Waals surface area contributed by atoms with Gasteiger partial charge in [-0.15, -0.1) is 11.6 Å². The highest BCUT2D eigenvalue weighted by Gasteiger charge is 2.18. The zero-order valence-electron chi connectivity index (χ0n) is 6.77. The van der Waals surface area contributed by atoms with E-state index in [1.54, 1.807) is 6.07 Å². The predicted molar refractivity (Wildman–Crippen MR) is 51.2 cm³/mol. The lowest BCUT2D eigenvalue weighted by molar-refractivity contribution is 0.149. The minimum Gasteiger partial charge on any atom is -0.244 e. The second kappa shape index (κ2) is 4.67. The Morgan fingerprint density at radius 3 is 2.71 bits per heavy atom. The molecule has 0 N–H and O–H groups in total. The standard InChI is InChI=1S/C8H4BrClF2N2/c9-7-6(8(11)12)4(3-13)1-5(2-10)14-7/h1,8H,2H2. The van der Waals surface area contributed by atoms with Gasteiger partial charge in [-0.05, 0) is 22.0 Å². The molecular weight excluding hydrogens is 277 g/mol. The molecule has 0 aliphatic heterocycles. The van der Waals surface area contributed by atoms with Crippen molar-refractivity contribution < 1.29 is 8.78 Å². The summed E-state index contributed by atoms with van der Waals surface area (Å²) in [7, 11) is 0. The third-order valence-electron chi connectivity index (χ3n) is 1.54. The smallest absolute Gasteiger partial charge is 0.244 e. The first-order valence-electron chi connectivity index (χ1n) is 3.53. The second-order valence-corrected chi connectivity index (χ2v) is 3.43. The number of pyridine rings is 1. The van der Waals surface area contributed by atoms with Crippen molar-refractivity contribution in [3.05, 3.63) is 27.5 Å². The van der Waals surface area contributed by atoms with Crippen LogP contribution in [0.2, 0.25) is 0 Å². The van der Waals surface area contributed by atoms with Crippen molar-refractivity contribution in [3.63, 3.8) is 0 Å². The van der Waals surface area contributed by atoms with Crippen LogP contribution in [0.1, 0.15) is 23.2 Å². The molecule has 0 amide bonds. The van der Waals surface area contributed by atoms with Crippen molar-refractivity contribution in [3.8, 4) is 6.07 Å². The van der Waals surface area contributed by atoms with Gasteiger partial charge in [-0.1, -0.05) is 0 Å². The van der Waals surface area contributed by atoms with Crippen molar-refractivity contribution in [2.24, 2.45) is 0 Å². The molecule has 0 spiro atoms. The lowest BCUT2D eigenvalue weighted by atomic mass is 10.1. The monoisotopic (exact) mass is 280 g/mol. The molecule has 74 valence electrons. The minimum atomic E-state index is -2.73. The maximum absolute atomic E-state index is 12.5. The van der Waals surface area contributed by atoms with Crippen LogP contribution >= 0.6 is 27.5 Å². The van der Waals surface area contributed by atoms with Crippen molar-refractivity contribution in [1.82, 2.24) is 4.98 Å². The number of nitrogens with zero attached hydrogens (tertiary/aromatic N) is 2. The Morgan fingerprint density at radius 2 is 2.29 bits per heavy atom. The van der Waals surface area contributed by atoms with Gasteiger partial charge in [0, 0.05) is 0 Å².